The molecular formula is C12H13N3. The van der Waals surface area contributed by atoms with Crippen LogP contribution in [0.4, 0.5) is 5.69 Å². The summed E-state index contributed by atoms with van der Waals surface area (Å²) in [5.74, 6) is 0. The normalized spacial score (nSPS) is 17.5. The molecule has 1 aliphatic rings. The van der Waals surface area contributed by atoms with Crippen molar-refractivity contribution >= 4 is 11.8 Å². The maximum atomic E-state index is 7.25. The fourth-order valence-corrected chi connectivity index (χ4v) is 1.85. The van der Waals surface area contributed by atoms with Crippen molar-refractivity contribution in [1.82, 2.24) is 4.98 Å². The first kappa shape index (κ1) is 9.72. The van der Waals surface area contributed by atoms with Gasteiger partial charge in [0.05, 0.1) is 11.4 Å². The second kappa shape index (κ2) is 3.39. The predicted molar refractivity (Wildman–Crippen MR) is 60.9 cm³/mol. The van der Waals surface area contributed by atoms with Crippen molar-refractivity contribution in [2.24, 2.45) is 0 Å². The lowest BCUT2D eigenvalue weighted by atomic mass is 9.75. The Labute approximate surface area is 89.5 Å². The lowest BCUT2D eigenvalue weighted by molar-refractivity contribution is 0.302. The van der Waals surface area contributed by atoms with Crippen LogP contribution >= 0.6 is 0 Å². The van der Waals surface area contributed by atoms with Gasteiger partial charge in [0.15, 0.2) is 0 Å². The number of nitrogens with two attached hydrogens (primary N) is 1. The Kier molecular flexibility index (Phi) is 2.20. The van der Waals surface area contributed by atoms with E-state index in [0.29, 0.717) is 11.4 Å². The fourth-order valence-electron chi connectivity index (χ4n) is 1.85. The summed E-state index contributed by atoms with van der Waals surface area (Å²) in [7, 11) is 0. The fraction of sp³-hybridized carbons (Fsp3) is 0.333. The number of hydrogen-bond acceptors (Lipinski definition) is 2. The molecule has 2 rings (SSSR count). The molecule has 0 amide bonds. The van der Waals surface area contributed by atoms with Gasteiger partial charge in [0, 0.05) is 12.8 Å². The van der Waals surface area contributed by atoms with Gasteiger partial charge in [-0.3, -0.25) is 0 Å². The van der Waals surface area contributed by atoms with E-state index >= 15 is 0 Å². The lowest BCUT2D eigenvalue weighted by Crippen LogP contribution is -2.31. The van der Waals surface area contributed by atoms with E-state index in [0.717, 1.165) is 25.0 Å². The molecule has 3 nitrogen and oxygen atoms in total. The highest BCUT2D eigenvalue weighted by atomic mass is 14.9. The molecule has 1 aromatic rings. The van der Waals surface area contributed by atoms with Crippen LogP contribution < -0.4 is 5.73 Å². The molecule has 76 valence electrons. The molecule has 0 atom stereocenters. The monoisotopic (exact) mass is 199 g/mol. The quantitative estimate of drug-likeness (QED) is 0.744. The van der Waals surface area contributed by atoms with Crippen molar-refractivity contribution in [3.63, 3.8) is 0 Å². The Morgan fingerprint density at radius 3 is 2.73 bits per heavy atom. The summed E-state index contributed by atoms with van der Waals surface area (Å²) in [5.41, 5.74) is 7.49. The molecule has 0 aliphatic heterocycles. The van der Waals surface area contributed by atoms with Gasteiger partial charge in [0.2, 0.25) is 0 Å². The van der Waals surface area contributed by atoms with E-state index in [4.69, 9.17) is 12.3 Å². The maximum Gasteiger partial charge on any atom is 0.274 e. The number of pyridine rings is 1. The largest absolute Gasteiger partial charge is 0.397 e. The van der Waals surface area contributed by atoms with Gasteiger partial charge in [-0.15, -0.1) is 0 Å². The highest BCUT2D eigenvalue weighted by molar-refractivity contribution is 5.60. The molecule has 0 unspecified atom stereocenters. The van der Waals surface area contributed by atoms with Gasteiger partial charge in [-0.1, -0.05) is 6.58 Å². The lowest BCUT2D eigenvalue weighted by Gasteiger charge is -2.29. The number of rotatable bonds is 2. The molecule has 1 aliphatic carbocycles. The average molecular weight is 199 g/mol. The molecule has 2 N–H and O–H groups in total. The predicted octanol–water partition coefficient (Wildman–Crippen LogP) is 2.61. The number of nitrogen functional groups attached to an aromatic ring is 1. The molecule has 0 spiro atoms. The van der Waals surface area contributed by atoms with E-state index in [-0.39, 0.29) is 5.54 Å². The SMILES string of the molecule is [C-]#[N+]C1(c2ccc(N)c(C=C)n2)CCC1. The van der Waals surface area contributed by atoms with Gasteiger partial charge in [0.25, 0.3) is 5.54 Å². The molecule has 15 heavy (non-hydrogen) atoms. The van der Waals surface area contributed by atoms with Crippen molar-refractivity contribution in [2.45, 2.75) is 24.8 Å². The zero-order chi connectivity index (χ0) is 10.9. The van der Waals surface area contributed by atoms with Gasteiger partial charge in [0.1, 0.15) is 5.69 Å². The van der Waals surface area contributed by atoms with E-state index < -0.39 is 0 Å². The van der Waals surface area contributed by atoms with Crippen LogP contribution in [0.5, 0.6) is 0 Å². The third kappa shape index (κ3) is 1.39. The summed E-state index contributed by atoms with van der Waals surface area (Å²) >= 11 is 0. The van der Waals surface area contributed by atoms with Crippen LogP contribution in [-0.2, 0) is 5.54 Å². The Morgan fingerprint density at radius 2 is 2.27 bits per heavy atom. The second-order valence-electron chi connectivity index (χ2n) is 3.87. The second-order valence-corrected chi connectivity index (χ2v) is 3.87. The minimum Gasteiger partial charge on any atom is -0.397 e. The molecular weight excluding hydrogens is 186 g/mol. The Hall–Kier alpha value is -1.82. The van der Waals surface area contributed by atoms with Crippen molar-refractivity contribution < 1.29 is 0 Å². The van der Waals surface area contributed by atoms with E-state index in [1.807, 2.05) is 12.1 Å². The van der Waals surface area contributed by atoms with Crippen LogP contribution in [0.1, 0.15) is 30.7 Å². The number of nitrogens with zero attached hydrogens (tertiary/aromatic N) is 2. The molecule has 0 saturated heterocycles. The Balaban J connectivity index is 2.46. The van der Waals surface area contributed by atoms with Gasteiger partial charge < -0.3 is 10.6 Å². The molecule has 0 bridgehead atoms. The van der Waals surface area contributed by atoms with Crippen LogP contribution in [0.25, 0.3) is 10.9 Å². The maximum absolute atomic E-state index is 7.25. The topological polar surface area (TPSA) is 43.3 Å². The smallest absolute Gasteiger partial charge is 0.274 e. The zero-order valence-electron chi connectivity index (χ0n) is 8.53. The minimum absolute atomic E-state index is 0.383. The number of hydrogen-bond donors (Lipinski definition) is 1. The third-order valence-electron chi connectivity index (χ3n) is 3.02. The van der Waals surface area contributed by atoms with Gasteiger partial charge in [-0.2, -0.15) is 0 Å². The molecule has 1 saturated carbocycles. The van der Waals surface area contributed by atoms with E-state index in [1.54, 1.807) is 6.08 Å². The van der Waals surface area contributed by atoms with Crippen molar-refractivity contribution in [3.05, 3.63) is 41.5 Å². The van der Waals surface area contributed by atoms with Gasteiger partial charge >= 0.3 is 0 Å². The van der Waals surface area contributed by atoms with E-state index in [2.05, 4.69) is 16.4 Å². The minimum atomic E-state index is -0.383. The average Bonchev–Trinajstić information content (AvgIpc) is 2.19. The molecule has 1 heterocycles. The summed E-state index contributed by atoms with van der Waals surface area (Å²) < 4.78 is 0. The van der Waals surface area contributed by atoms with Crippen LogP contribution in [0.2, 0.25) is 0 Å². The standard InChI is InChI=1S/C12H13N3/c1-3-10-9(13)5-6-11(15-10)12(14-2)7-4-8-12/h3,5-6H,1,4,7-8,13H2. The van der Waals surface area contributed by atoms with Gasteiger partial charge in [-0.05, 0) is 24.6 Å². The molecule has 0 radical (unpaired) electrons. The first-order chi connectivity index (χ1) is 7.22. The summed E-state index contributed by atoms with van der Waals surface area (Å²) in [6.07, 6.45) is 4.56. The Morgan fingerprint density at radius 1 is 1.53 bits per heavy atom. The van der Waals surface area contributed by atoms with Crippen LogP contribution in [0, 0.1) is 6.57 Å². The Bertz CT molecular complexity index is 439. The summed E-state index contributed by atoms with van der Waals surface area (Å²) in [5, 5.41) is 0. The summed E-state index contributed by atoms with van der Waals surface area (Å²) in [6.45, 7) is 10.9. The summed E-state index contributed by atoms with van der Waals surface area (Å²) in [4.78, 5) is 8.11. The molecule has 1 aromatic heterocycles. The van der Waals surface area contributed by atoms with Crippen molar-refractivity contribution in [1.29, 1.82) is 0 Å². The highest BCUT2D eigenvalue weighted by Gasteiger charge is 2.47. The number of aromatic nitrogens is 1. The van der Waals surface area contributed by atoms with Crippen LogP contribution in [-0.4, -0.2) is 4.98 Å². The molecule has 3 heteroatoms. The first-order valence-electron chi connectivity index (χ1n) is 5.00. The first-order valence-corrected chi connectivity index (χ1v) is 5.00. The summed E-state index contributed by atoms with van der Waals surface area (Å²) in [6, 6.07) is 3.67. The van der Waals surface area contributed by atoms with Crippen LogP contribution in [0.3, 0.4) is 0 Å². The van der Waals surface area contributed by atoms with Crippen molar-refractivity contribution in [3.8, 4) is 0 Å². The van der Waals surface area contributed by atoms with Gasteiger partial charge in [-0.25, -0.2) is 11.6 Å². The van der Waals surface area contributed by atoms with Crippen molar-refractivity contribution in [2.75, 3.05) is 5.73 Å². The van der Waals surface area contributed by atoms with E-state index in [9.17, 15) is 0 Å². The molecule has 1 fully saturated rings. The van der Waals surface area contributed by atoms with E-state index in [1.165, 1.54) is 0 Å². The third-order valence-corrected chi connectivity index (χ3v) is 3.02. The zero-order valence-corrected chi connectivity index (χ0v) is 8.53. The molecule has 0 aromatic carbocycles. The van der Waals surface area contributed by atoms with Crippen LogP contribution in [0.15, 0.2) is 18.7 Å². The highest BCUT2D eigenvalue weighted by Crippen LogP contribution is 2.44. The number of anilines is 1.